The Bertz CT molecular complexity index is 1040. The highest BCUT2D eigenvalue weighted by Crippen LogP contribution is 2.37. The summed E-state index contributed by atoms with van der Waals surface area (Å²) in [5, 5.41) is 12.6. The van der Waals surface area contributed by atoms with E-state index in [4.69, 9.17) is 9.15 Å². The highest BCUT2D eigenvalue weighted by atomic mass is 16.5. The molecule has 1 aromatic carbocycles. The maximum atomic E-state index is 9.20. The molecular weight excluding hydrogens is 366 g/mol. The number of rotatable bonds is 4. The molecule has 6 heteroatoms. The summed E-state index contributed by atoms with van der Waals surface area (Å²) in [5.74, 6) is 1.82. The van der Waals surface area contributed by atoms with Gasteiger partial charge < -0.3 is 14.4 Å². The first-order chi connectivity index (χ1) is 14.3. The van der Waals surface area contributed by atoms with Crippen LogP contribution in [0.5, 0.6) is 0 Å². The van der Waals surface area contributed by atoms with Gasteiger partial charge in [0.1, 0.15) is 11.5 Å². The van der Waals surface area contributed by atoms with E-state index in [0.717, 1.165) is 85.2 Å². The van der Waals surface area contributed by atoms with E-state index in [1.54, 1.807) is 12.4 Å². The van der Waals surface area contributed by atoms with Crippen molar-refractivity contribution in [1.29, 1.82) is 0 Å². The fraction of sp³-hybridized carbons (Fsp3) is 0.304. The minimum Gasteiger partial charge on any atom is -0.459 e. The molecular formula is C23H23N3O3. The quantitative estimate of drug-likeness (QED) is 0.540. The number of hydrogen-bond acceptors (Lipinski definition) is 6. The van der Waals surface area contributed by atoms with Gasteiger partial charge in [-0.3, -0.25) is 9.88 Å². The third-order valence-electron chi connectivity index (χ3n) is 5.69. The predicted octanol–water partition coefficient (Wildman–Crippen LogP) is 3.97. The number of morpholine rings is 1. The van der Waals surface area contributed by atoms with Crippen LogP contribution in [0.3, 0.4) is 0 Å². The molecule has 2 aliphatic rings. The van der Waals surface area contributed by atoms with Crippen LogP contribution in [0.15, 0.2) is 58.4 Å². The number of aryl methyl sites for hydroxylation is 1. The van der Waals surface area contributed by atoms with Gasteiger partial charge in [0.25, 0.3) is 0 Å². The molecule has 0 saturated carbocycles. The van der Waals surface area contributed by atoms with Gasteiger partial charge in [-0.05, 0) is 48.2 Å². The zero-order valence-corrected chi connectivity index (χ0v) is 16.2. The van der Waals surface area contributed by atoms with Gasteiger partial charge in [0.2, 0.25) is 0 Å². The first-order valence-electron chi connectivity index (χ1n) is 9.99. The Labute approximate surface area is 169 Å². The lowest BCUT2D eigenvalue weighted by atomic mass is 9.99. The van der Waals surface area contributed by atoms with Crippen molar-refractivity contribution in [1.82, 2.24) is 9.88 Å². The van der Waals surface area contributed by atoms with Gasteiger partial charge in [0.05, 0.1) is 25.5 Å². The molecule has 0 unspecified atom stereocenters. The molecule has 29 heavy (non-hydrogen) atoms. The first kappa shape index (κ1) is 18.1. The number of nitrogens with zero attached hydrogens (tertiary/aromatic N) is 3. The number of ether oxygens (including phenoxy) is 1. The van der Waals surface area contributed by atoms with Crippen molar-refractivity contribution in [2.24, 2.45) is 5.16 Å². The third-order valence-corrected chi connectivity index (χ3v) is 5.69. The average molecular weight is 389 g/mol. The van der Waals surface area contributed by atoms with Gasteiger partial charge in [-0.1, -0.05) is 17.3 Å². The minimum absolute atomic E-state index is 0.758. The third kappa shape index (κ3) is 3.57. The van der Waals surface area contributed by atoms with E-state index in [1.165, 1.54) is 5.56 Å². The molecule has 0 spiro atoms. The van der Waals surface area contributed by atoms with Crippen molar-refractivity contribution in [3.8, 4) is 22.5 Å². The van der Waals surface area contributed by atoms with Crippen molar-refractivity contribution < 1.29 is 14.4 Å². The Morgan fingerprint density at radius 3 is 2.59 bits per heavy atom. The summed E-state index contributed by atoms with van der Waals surface area (Å²) in [6.45, 7) is 4.15. The van der Waals surface area contributed by atoms with Crippen molar-refractivity contribution in [3.63, 3.8) is 0 Å². The van der Waals surface area contributed by atoms with Crippen LogP contribution in [0.2, 0.25) is 0 Å². The molecule has 3 aromatic rings. The Kier molecular flexibility index (Phi) is 4.87. The SMILES string of the molecule is O/N=C1/CCc2cc(-c3oc(CN4CCOCC4)cc3-c3ccncc3)ccc21. The molecule has 0 atom stereocenters. The summed E-state index contributed by atoms with van der Waals surface area (Å²) in [5.41, 5.74) is 6.19. The van der Waals surface area contributed by atoms with Crippen molar-refractivity contribution in [2.75, 3.05) is 26.3 Å². The number of aromatic nitrogens is 1. The monoisotopic (exact) mass is 389 g/mol. The molecule has 3 heterocycles. The molecule has 5 rings (SSSR count). The van der Waals surface area contributed by atoms with Crippen molar-refractivity contribution in [2.45, 2.75) is 19.4 Å². The molecule has 6 nitrogen and oxygen atoms in total. The van der Waals surface area contributed by atoms with Crippen LogP contribution >= 0.6 is 0 Å². The minimum atomic E-state index is 0.758. The van der Waals surface area contributed by atoms with E-state index in [9.17, 15) is 5.21 Å². The summed E-state index contributed by atoms with van der Waals surface area (Å²) in [6.07, 6.45) is 5.27. The smallest absolute Gasteiger partial charge is 0.142 e. The van der Waals surface area contributed by atoms with Gasteiger partial charge in [0, 0.05) is 42.2 Å². The molecule has 0 radical (unpaired) electrons. The van der Waals surface area contributed by atoms with E-state index in [0.29, 0.717) is 0 Å². The number of fused-ring (bicyclic) bond motifs is 1. The lowest BCUT2D eigenvalue weighted by Crippen LogP contribution is -2.35. The van der Waals surface area contributed by atoms with Gasteiger partial charge in [-0.15, -0.1) is 0 Å². The van der Waals surface area contributed by atoms with Crippen molar-refractivity contribution >= 4 is 5.71 Å². The summed E-state index contributed by atoms with van der Waals surface area (Å²) in [7, 11) is 0. The van der Waals surface area contributed by atoms with Crippen LogP contribution in [0.4, 0.5) is 0 Å². The molecule has 1 fully saturated rings. The molecule has 148 valence electrons. The second-order valence-corrected chi connectivity index (χ2v) is 7.50. The summed E-state index contributed by atoms with van der Waals surface area (Å²) in [4.78, 5) is 6.51. The fourth-order valence-electron chi connectivity index (χ4n) is 4.17. The molecule has 1 aliphatic carbocycles. The maximum Gasteiger partial charge on any atom is 0.142 e. The van der Waals surface area contributed by atoms with Gasteiger partial charge in [0.15, 0.2) is 0 Å². The van der Waals surface area contributed by atoms with Gasteiger partial charge in [-0.2, -0.15) is 0 Å². The Morgan fingerprint density at radius 2 is 1.79 bits per heavy atom. The van der Waals surface area contributed by atoms with Crippen LogP contribution in [-0.4, -0.2) is 47.1 Å². The number of hydrogen-bond donors (Lipinski definition) is 1. The normalized spacial score (nSPS) is 18.3. The van der Waals surface area contributed by atoms with E-state index in [1.807, 2.05) is 18.2 Å². The zero-order valence-electron chi connectivity index (χ0n) is 16.2. The maximum absolute atomic E-state index is 9.20. The topological polar surface area (TPSA) is 71.1 Å². The summed E-state index contributed by atoms with van der Waals surface area (Å²) >= 11 is 0. The van der Waals surface area contributed by atoms with E-state index in [-0.39, 0.29) is 0 Å². The largest absolute Gasteiger partial charge is 0.459 e. The lowest BCUT2D eigenvalue weighted by Gasteiger charge is -2.25. The highest BCUT2D eigenvalue weighted by Gasteiger charge is 2.22. The molecule has 1 N–H and O–H groups in total. The Morgan fingerprint density at radius 1 is 0.966 bits per heavy atom. The van der Waals surface area contributed by atoms with E-state index < -0.39 is 0 Å². The standard InChI is InChI=1S/C23H23N3O3/c27-25-22-4-2-17-13-18(1-3-20(17)22)23-21(16-5-7-24-8-6-16)14-19(29-23)15-26-9-11-28-12-10-26/h1,3,5-8,13-14,27H,2,4,9-12,15H2/b25-22-. The average Bonchev–Trinajstić information content (AvgIpc) is 3.38. The molecule has 1 aliphatic heterocycles. The second kappa shape index (κ2) is 7.81. The van der Waals surface area contributed by atoms with Crippen LogP contribution < -0.4 is 0 Å². The molecule has 1 saturated heterocycles. The van der Waals surface area contributed by atoms with Gasteiger partial charge >= 0.3 is 0 Å². The number of pyridine rings is 1. The number of furan rings is 1. The zero-order chi connectivity index (χ0) is 19.6. The first-order valence-corrected chi connectivity index (χ1v) is 9.99. The van der Waals surface area contributed by atoms with E-state index >= 15 is 0 Å². The molecule has 2 aromatic heterocycles. The predicted molar refractivity (Wildman–Crippen MR) is 110 cm³/mol. The van der Waals surface area contributed by atoms with Crippen LogP contribution in [-0.2, 0) is 17.7 Å². The number of benzene rings is 1. The second-order valence-electron chi connectivity index (χ2n) is 7.50. The van der Waals surface area contributed by atoms with E-state index in [2.05, 4.69) is 33.2 Å². The molecule has 0 amide bonds. The highest BCUT2D eigenvalue weighted by molar-refractivity contribution is 6.04. The van der Waals surface area contributed by atoms with Crippen molar-refractivity contribution in [3.05, 3.63) is 65.7 Å². The fourth-order valence-corrected chi connectivity index (χ4v) is 4.17. The number of oxime groups is 1. The summed E-state index contributed by atoms with van der Waals surface area (Å²) in [6, 6.07) is 12.4. The molecule has 0 bridgehead atoms. The lowest BCUT2D eigenvalue weighted by molar-refractivity contribution is 0.0314. The van der Waals surface area contributed by atoms with Gasteiger partial charge in [-0.25, -0.2) is 0 Å². The summed E-state index contributed by atoms with van der Waals surface area (Å²) < 4.78 is 11.8. The Hall–Kier alpha value is -2.96. The van der Waals surface area contributed by atoms with Crippen LogP contribution in [0.25, 0.3) is 22.5 Å². The Balaban J connectivity index is 1.54. The van der Waals surface area contributed by atoms with Crippen LogP contribution in [0, 0.1) is 0 Å². The van der Waals surface area contributed by atoms with Crippen LogP contribution in [0.1, 0.15) is 23.3 Å².